The number of carbonyl (C=O) groups excluding carboxylic acids is 2. The van der Waals surface area contributed by atoms with Gasteiger partial charge in [0.05, 0.1) is 5.56 Å². The highest BCUT2D eigenvalue weighted by molar-refractivity contribution is 6.05. The van der Waals surface area contributed by atoms with E-state index in [1.54, 1.807) is 36.5 Å². The van der Waals surface area contributed by atoms with Crippen LogP contribution in [0.4, 0.5) is 5.69 Å². The summed E-state index contributed by atoms with van der Waals surface area (Å²) in [7, 11) is 0. The van der Waals surface area contributed by atoms with Crippen LogP contribution in [-0.4, -0.2) is 33.4 Å². The molecule has 1 fully saturated rings. The molecule has 7 heteroatoms. The third-order valence-electron chi connectivity index (χ3n) is 5.03. The van der Waals surface area contributed by atoms with E-state index in [4.69, 9.17) is 0 Å². The molecular weight excluding hydrogens is 358 g/mol. The Kier molecular flexibility index (Phi) is 6.03. The van der Waals surface area contributed by atoms with Gasteiger partial charge in [0.2, 0.25) is 0 Å². The molecule has 0 aliphatic heterocycles. The first-order valence-electron chi connectivity index (χ1n) is 9.37. The normalized spacial score (nSPS) is 15.9. The molecule has 0 bridgehead atoms. The quantitative estimate of drug-likeness (QED) is 0.689. The topological polar surface area (TPSA) is 108 Å². The highest BCUT2D eigenvalue weighted by Gasteiger charge is 2.40. The van der Waals surface area contributed by atoms with Gasteiger partial charge in [0, 0.05) is 23.6 Å². The number of aromatic nitrogens is 1. The predicted molar refractivity (Wildman–Crippen MR) is 104 cm³/mol. The number of rotatable bonds is 5. The Hall–Kier alpha value is -3.22. The van der Waals surface area contributed by atoms with Gasteiger partial charge in [-0.3, -0.25) is 14.6 Å². The summed E-state index contributed by atoms with van der Waals surface area (Å²) in [6, 6.07) is 9.76. The molecule has 1 aromatic carbocycles. The summed E-state index contributed by atoms with van der Waals surface area (Å²) in [4.78, 5) is 40.8. The summed E-state index contributed by atoms with van der Waals surface area (Å²) >= 11 is 0. The lowest BCUT2D eigenvalue weighted by atomic mass is 9.90. The maximum absolute atomic E-state index is 12.7. The van der Waals surface area contributed by atoms with Crippen LogP contribution in [0.3, 0.4) is 0 Å². The maximum Gasteiger partial charge on any atom is 0.329 e. The van der Waals surface area contributed by atoms with Crippen molar-refractivity contribution in [2.75, 3.05) is 5.32 Å². The molecule has 0 saturated heterocycles. The van der Waals surface area contributed by atoms with Crippen molar-refractivity contribution in [1.29, 1.82) is 0 Å². The molecule has 3 rings (SSSR count). The molecule has 2 aromatic rings. The van der Waals surface area contributed by atoms with Crippen molar-refractivity contribution in [2.24, 2.45) is 0 Å². The predicted octanol–water partition coefficient (Wildman–Crippen LogP) is 3.24. The molecule has 7 nitrogen and oxygen atoms in total. The Morgan fingerprint density at radius 1 is 0.929 bits per heavy atom. The second-order valence-electron chi connectivity index (χ2n) is 7.03. The Morgan fingerprint density at radius 3 is 2.29 bits per heavy atom. The molecular formula is C21H23N3O4. The SMILES string of the molecule is O=C(Nc1cccc(C(=O)NC2(C(=O)O)CCCCCC2)c1)c1cccnc1. The van der Waals surface area contributed by atoms with Crippen LogP contribution in [0, 0.1) is 0 Å². The van der Waals surface area contributed by atoms with Crippen LogP contribution in [0.15, 0.2) is 48.8 Å². The van der Waals surface area contributed by atoms with Gasteiger partial charge < -0.3 is 15.7 Å². The number of nitrogens with one attached hydrogen (secondary N) is 2. The largest absolute Gasteiger partial charge is 0.480 e. The van der Waals surface area contributed by atoms with Gasteiger partial charge in [-0.15, -0.1) is 0 Å². The Labute approximate surface area is 163 Å². The van der Waals surface area contributed by atoms with Crippen LogP contribution in [-0.2, 0) is 4.79 Å². The van der Waals surface area contributed by atoms with Gasteiger partial charge in [-0.1, -0.05) is 31.7 Å². The van der Waals surface area contributed by atoms with Gasteiger partial charge in [-0.2, -0.15) is 0 Å². The summed E-state index contributed by atoms with van der Waals surface area (Å²) in [6.45, 7) is 0. The molecule has 0 spiro atoms. The molecule has 1 aromatic heterocycles. The summed E-state index contributed by atoms with van der Waals surface area (Å²) in [5.74, 6) is -1.79. The Bertz CT molecular complexity index is 859. The van der Waals surface area contributed by atoms with Crippen molar-refractivity contribution >= 4 is 23.5 Å². The van der Waals surface area contributed by atoms with E-state index >= 15 is 0 Å². The van der Waals surface area contributed by atoms with Gasteiger partial charge in [0.15, 0.2) is 0 Å². The molecule has 0 atom stereocenters. The van der Waals surface area contributed by atoms with E-state index in [2.05, 4.69) is 15.6 Å². The fourth-order valence-electron chi connectivity index (χ4n) is 3.45. The van der Waals surface area contributed by atoms with Crippen molar-refractivity contribution in [2.45, 2.75) is 44.1 Å². The van der Waals surface area contributed by atoms with E-state index in [0.29, 0.717) is 29.7 Å². The molecule has 0 unspecified atom stereocenters. The number of aliphatic carboxylic acids is 1. The van der Waals surface area contributed by atoms with E-state index in [9.17, 15) is 19.5 Å². The number of pyridine rings is 1. The lowest BCUT2D eigenvalue weighted by Crippen LogP contribution is -2.54. The molecule has 1 aliphatic rings. The smallest absolute Gasteiger partial charge is 0.329 e. The van der Waals surface area contributed by atoms with Gasteiger partial charge in [-0.05, 0) is 43.2 Å². The number of nitrogens with zero attached hydrogens (tertiary/aromatic N) is 1. The molecule has 1 aliphatic carbocycles. The zero-order valence-corrected chi connectivity index (χ0v) is 15.5. The Morgan fingerprint density at radius 2 is 1.64 bits per heavy atom. The molecule has 0 radical (unpaired) electrons. The highest BCUT2D eigenvalue weighted by atomic mass is 16.4. The van der Waals surface area contributed by atoms with Gasteiger partial charge in [0.1, 0.15) is 5.54 Å². The van der Waals surface area contributed by atoms with Crippen molar-refractivity contribution in [1.82, 2.24) is 10.3 Å². The average molecular weight is 381 g/mol. The first-order valence-corrected chi connectivity index (χ1v) is 9.37. The van der Waals surface area contributed by atoms with Crippen LogP contribution >= 0.6 is 0 Å². The summed E-state index contributed by atoms with van der Waals surface area (Å²) in [5, 5.41) is 15.2. The number of anilines is 1. The average Bonchev–Trinajstić information content (AvgIpc) is 2.95. The number of hydrogen-bond donors (Lipinski definition) is 3. The lowest BCUT2D eigenvalue weighted by molar-refractivity contribution is -0.145. The number of amides is 2. The lowest BCUT2D eigenvalue weighted by Gasteiger charge is -2.29. The van der Waals surface area contributed by atoms with E-state index in [1.807, 2.05) is 0 Å². The van der Waals surface area contributed by atoms with Crippen molar-refractivity contribution in [3.05, 3.63) is 59.9 Å². The van der Waals surface area contributed by atoms with Gasteiger partial charge in [0.25, 0.3) is 11.8 Å². The monoisotopic (exact) mass is 381 g/mol. The molecule has 2 amide bonds. The zero-order valence-electron chi connectivity index (χ0n) is 15.5. The van der Waals surface area contributed by atoms with E-state index in [0.717, 1.165) is 25.7 Å². The van der Waals surface area contributed by atoms with Crippen LogP contribution in [0.5, 0.6) is 0 Å². The second kappa shape index (κ2) is 8.65. The number of benzene rings is 1. The van der Waals surface area contributed by atoms with Crippen molar-refractivity contribution in [3.63, 3.8) is 0 Å². The first-order chi connectivity index (χ1) is 13.5. The van der Waals surface area contributed by atoms with Gasteiger partial charge in [-0.25, -0.2) is 4.79 Å². The number of carboxylic acids is 1. The third-order valence-corrected chi connectivity index (χ3v) is 5.03. The van der Waals surface area contributed by atoms with Crippen LogP contribution in [0.1, 0.15) is 59.2 Å². The van der Waals surface area contributed by atoms with E-state index in [1.165, 1.54) is 12.3 Å². The molecule has 1 saturated carbocycles. The fraction of sp³-hybridized carbons (Fsp3) is 0.333. The maximum atomic E-state index is 12.7. The fourth-order valence-corrected chi connectivity index (χ4v) is 3.45. The summed E-state index contributed by atoms with van der Waals surface area (Å²) in [6.07, 6.45) is 7.36. The minimum absolute atomic E-state index is 0.300. The minimum atomic E-state index is -1.23. The van der Waals surface area contributed by atoms with E-state index < -0.39 is 17.4 Å². The third kappa shape index (κ3) is 4.54. The zero-order chi connectivity index (χ0) is 20.0. The van der Waals surface area contributed by atoms with Gasteiger partial charge >= 0.3 is 5.97 Å². The molecule has 146 valence electrons. The highest BCUT2D eigenvalue weighted by Crippen LogP contribution is 2.28. The van der Waals surface area contributed by atoms with Crippen LogP contribution in [0.25, 0.3) is 0 Å². The number of hydrogen-bond acceptors (Lipinski definition) is 4. The number of carboxylic acid groups (broad SMARTS) is 1. The minimum Gasteiger partial charge on any atom is -0.480 e. The van der Waals surface area contributed by atoms with Crippen LogP contribution in [0.2, 0.25) is 0 Å². The number of carbonyl (C=O) groups is 3. The standard InChI is InChI=1S/C21H23N3O4/c25-18(16-8-6-12-22-14-16)23-17-9-5-7-15(13-17)19(26)24-21(20(27)28)10-3-1-2-4-11-21/h5-9,12-14H,1-4,10-11H2,(H,23,25)(H,24,26)(H,27,28). The summed E-state index contributed by atoms with van der Waals surface area (Å²) in [5.41, 5.74) is -0.0797. The Balaban J connectivity index is 1.74. The molecule has 28 heavy (non-hydrogen) atoms. The van der Waals surface area contributed by atoms with E-state index in [-0.39, 0.29) is 5.91 Å². The summed E-state index contributed by atoms with van der Waals surface area (Å²) < 4.78 is 0. The second-order valence-corrected chi connectivity index (χ2v) is 7.03. The van der Waals surface area contributed by atoms with Crippen molar-refractivity contribution < 1.29 is 19.5 Å². The van der Waals surface area contributed by atoms with Crippen molar-refractivity contribution in [3.8, 4) is 0 Å². The molecule has 3 N–H and O–H groups in total. The van der Waals surface area contributed by atoms with Crippen LogP contribution < -0.4 is 10.6 Å². The molecule has 1 heterocycles. The first kappa shape index (κ1) is 19.5.